The van der Waals surface area contributed by atoms with Gasteiger partial charge in [0.25, 0.3) is 0 Å². The van der Waals surface area contributed by atoms with Crippen molar-refractivity contribution >= 4 is 11.8 Å². The number of ether oxygens (including phenoxy) is 1. The van der Waals surface area contributed by atoms with Crippen LogP contribution >= 0.6 is 11.8 Å². The van der Waals surface area contributed by atoms with Gasteiger partial charge in [-0.2, -0.15) is 0 Å². The van der Waals surface area contributed by atoms with Gasteiger partial charge in [-0.15, -0.1) is 0 Å². The molecule has 0 N–H and O–H groups in total. The lowest BCUT2D eigenvalue weighted by atomic mass is 10.0. The van der Waals surface area contributed by atoms with Gasteiger partial charge in [0.05, 0.1) is 11.3 Å². The van der Waals surface area contributed by atoms with E-state index in [-0.39, 0.29) is 6.23 Å². The fraction of sp³-hybridized carbons (Fsp3) is 0.375. The van der Waals surface area contributed by atoms with Gasteiger partial charge < -0.3 is 4.74 Å². The Kier molecular flexibility index (Phi) is 3.31. The number of aromatic nitrogens is 2. The number of rotatable bonds is 2. The first-order chi connectivity index (χ1) is 10.4. The molecule has 5 heteroatoms. The number of para-hydroxylation sites is 1. The van der Waals surface area contributed by atoms with Crippen molar-refractivity contribution in [2.45, 2.75) is 24.2 Å². The average Bonchev–Trinajstić information content (AvgIpc) is 3.08. The van der Waals surface area contributed by atoms with Gasteiger partial charge in [-0.25, -0.2) is 9.97 Å². The summed E-state index contributed by atoms with van der Waals surface area (Å²) >= 11 is 1.57. The first kappa shape index (κ1) is 13.1. The zero-order valence-electron chi connectivity index (χ0n) is 12.0. The molecule has 0 aliphatic carbocycles. The lowest BCUT2D eigenvalue weighted by Gasteiger charge is -2.33. The minimum absolute atomic E-state index is 0.0479. The van der Waals surface area contributed by atoms with Crippen molar-refractivity contribution in [2.24, 2.45) is 0 Å². The third kappa shape index (κ3) is 2.21. The largest absolute Gasteiger partial charge is 0.470 e. The zero-order chi connectivity index (χ0) is 14.2. The summed E-state index contributed by atoms with van der Waals surface area (Å²) in [6.45, 7) is 2.16. The molecule has 0 bridgehead atoms. The highest BCUT2D eigenvalue weighted by atomic mass is 32.2. The summed E-state index contributed by atoms with van der Waals surface area (Å²) in [5, 5.41) is 0.811. The Balaban J connectivity index is 1.86. The van der Waals surface area contributed by atoms with Crippen molar-refractivity contribution in [3.05, 3.63) is 36.0 Å². The quantitative estimate of drug-likeness (QED) is 0.628. The number of thioether (sulfide) groups is 1. The van der Waals surface area contributed by atoms with Gasteiger partial charge in [0.1, 0.15) is 5.75 Å². The molecule has 2 aliphatic rings. The minimum Gasteiger partial charge on any atom is -0.470 e. The molecule has 1 aromatic heterocycles. The van der Waals surface area contributed by atoms with Crippen LogP contribution in [0, 0.1) is 0 Å². The lowest BCUT2D eigenvalue weighted by Crippen LogP contribution is -2.32. The third-order valence-electron chi connectivity index (χ3n) is 4.10. The third-order valence-corrected chi connectivity index (χ3v) is 4.66. The van der Waals surface area contributed by atoms with Crippen molar-refractivity contribution in [1.82, 2.24) is 14.9 Å². The maximum absolute atomic E-state index is 6.25. The molecule has 3 heterocycles. The van der Waals surface area contributed by atoms with E-state index in [0.29, 0.717) is 0 Å². The Morgan fingerprint density at radius 2 is 2.05 bits per heavy atom. The summed E-state index contributed by atoms with van der Waals surface area (Å²) in [4.78, 5) is 11.6. The van der Waals surface area contributed by atoms with Crippen molar-refractivity contribution < 1.29 is 4.74 Å². The van der Waals surface area contributed by atoms with Crippen LogP contribution in [0.15, 0.2) is 35.6 Å². The van der Waals surface area contributed by atoms with Crippen LogP contribution in [-0.2, 0) is 0 Å². The van der Waals surface area contributed by atoms with E-state index in [1.54, 1.807) is 11.8 Å². The molecule has 0 amide bonds. The molecule has 21 heavy (non-hydrogen) atoms. The maximum atomic E-state index is 6.25. The SMILES string of the molecule is CSc1ncc2c(n1)-c1ccccc1OC2N1CCCC1. The van der Waals surface area contributed by atoms with Crippen molar-refractivity contribution in [3.63, 3.8) is 0 Å². The second kappa shape index (κ2) is 5.31. The molecule has 0 radical (unpaired) electrons. The number of hydrogen-bond donors (Lipinski definition) is 0. The van der Waals surface area contributed by atoms with Gasteiger partial charge in [0.2, 0.25) is 0 Å². The van der Waals surface area contributed by atoms with E-state index in [4.69, 9.17) is 9.72 Å². The second-order valence-electron chi connectivity index (χ2n) is 5.37. The molecule has 4 nitrogen and oxygen atoms in total. The first-order valence-electron chi connectivity index (χ1n) is 7.28. The summed E-state index contributed by atoms with van der Waals surface area (Å²) in [6.07, 6.45) is 6.37. The van der Waals surface area contributed by atoms with E-state index in [2.05, 4.69) is 16.0 Å². The Morgan fingerprint density at radius 3 is 2.86 bits per heavy atom. The molecular weight excluding hydrogens is 282 g/mol. The summed E-state index contributed by atoms with van der Waals surface area (Å²) in [5.74, 6) is 0.924. The standard InChI is InChI=1S/C16H17N3OS/c1-21-16-17-10-12-14(18-16)11-6-2-3-7-13(11)20-15(12)19-8-4-5-9-19/h2-3,6-7,10,15H,4-5,8-9H2,1H3. The molecule has 108 valence electrons. The molecule has 1 fully saturated rings. The number of likely N-dealkylation sites (tertiary alicyclic amines) is 1. The van der Waals surface area contributed by atoms with Crippen LogP contribution in [0.4, 0.5) is 0 Å². The Morgan fingerprint density at radius 1 is 1.24 bits per heavy atom. The van der Waals surface area contributed by atoms with Gasteiger partial charge in [0, 0.05) is 24.8 Å². The summed E-state index contributed by atoms with van der Waals surface area (Å²) < 4.78 is 6.25. The summed E-state index contributed by atoms with van der Waals surface area (Å²) in [5.41, 5.74) is 3.18. The average molecular weight is 299 g/mol. The number of nitrogens with zero attached hydrogens (tertiary/aromatic N) is 3. The Hall–Kier alpha value is -1.59. The summed E-state index contributed by atoms with van der Waals surface area (Å²) in [6, 6.07) is 8.15. The van der Waals surface area contributed by atoms with Gasteiger partial charge in [-0.3, -0.25) is 4.90 Å². The zero-order valence-corrected chi connectivity index (χ0v) is 12.8. The van der Waals surface area contributed by atoms with E-state index in [0.717, 1.165) is 40.8 Å². The van der Waals surface area contributed by atoms with Crippen LogP contribution in [0.2, 0.25) is 0 Å². The molecule has 1 aromatic carbocycles. The first-order valence-corrected chi connectivity index (χ1v) is 8.50. The Labute approximate surface area is 128 Å². The molecule has 2 aliphatic heterocycles. The lowest BCUT2D eigenvalue weighted by molar-refractivity contribution is 0.0391. The Bertz CT molecular complexity index is 670. The highest BCUT2D eigenvalue weighted by Crippen LogP contribution is 2.43. The molecule has 1 saturated heterocycles. The molecule has 0 saturated carbocycles. The molecule has 4 rings (SSSR count). The van der Waals surface area contributed by atoms with Crippen molar-refractivity contribution in [1.29, 1.82) is 0 Å². The smallest absolute Gasteiger partial charge is 0.187 e. The predicted octanol–water partition coefficient (Wildman–Crippen LogP) is 3.35. The van der Waals surface area contributed by atoms with Crippen LogP contribution in [0.1, 0.15) is 24.6 Å². The molecular formula is C16H17N3OS. The van der Waals surface area contributed by atoms with E-state index < -0.39 is 0 Å². The highest BCUT2D eigenvalue weighted by Gasteiger charge is 2.33. The molecule has 0 spiro atoms. The van der Waals surface area contributed by atoms with Gasteiger partial charge in [-0.1, -0.05) is 23.9 Å². The highest BCUT2D eigenvalue weighted by molar-refractivity contribution is 7.98. The number of fused-ring (bicyclic) bond motifs is 3. The van der Waals surface area contributed by atoms with E-state index >= 15 is 0 Å². The van der Waals surface area contributed by atoms with Crippen LogP contribution in [0.5, 0.6) is 5.75 Å². The van der Waals surface area contributed by atoms with Gasteiger partial charge in [0.15, 0.2) is 11.4 Å². The normalized spacial score (nSPS) is 20.7. The fourth-order valence-corrected chi connectivity index (χ4v) is 3.41. The topological polar surface area (TPSA) is 38.3 Å². The molecule has 2 aromatic rings. The maximum Gasteiger partial charge on any atom is 0.187 e. The van der Waals surface area contributed by atoms with Crippen molar-refractivity contribution in [3.8, 4) is 17.0 Å². The minimum atomic E-state index is -0.0479. The van der Waals surface area contributed by atoms with Crippen LogP contribution < -0.4 is 4.74 Å². The van der Waals surface area contributed by atoms with Crippen LogP contribution in [0.3, 0.4) is 0 Å². The van der Waals surface area contributed by atoms with Crippen LogP contribution in [0.25, 0.3) is 11.3 Å². The molecule has 1 unspecified atom stereocenters. The van der Waals surface area contributed by atoms with E-state index in [1.165, 1.54) is 12.8 Å². The van der Waals surface area contributed by atoms with Gasteiger partial charge >= 0.3 is 0 Å². The van der Waals surface area contributed by atoms with E-state index in [9.17, 15) is 0 Å². The van der Waals surface area contributed by atoms with Crippen molar-refractivity contribution in [2.75, 3.05) is 19.3 Å². The summed E-state index contributed by atoms with van der Waals surface area (Å²) in [7, 11) is 0. The number of benzene rings is 1. The van der Waals surface area contributed by atoms with E-state index in [1.807, 2.05) is 30.7 Å². The molecule has 1 atom stereocenters. The number of hydrogen-bond acceptors (Lipinski definition) is 5. The van der Waals surface area contributed by atoms with Gasteiger partial charge in [-0.05, 0) is 31.2 Å². The fourth-order valence-electron chi connectivity index (χ4n) is 3.07. The second-order valence-corrected chi connectivity index (χ2v) is 6.14. The van der Waals surface area contributed by atoms with Crippen LogP contribution in [-0.4, -0.2) is 34.2 Å². The predicted molar refractivity (Wildman–Crippen MR) is 83.4 cm³/mol. The monoisotopic (exact) mass is 299 g/mol.